The Bertz CT molecular complexity index is 947. The normalized spacial score (nSPS) is 11.1. The van der Waals surface area contributed by atoms with Gasteiger partial charge < -0.3 is 14.6 Å². The van der Waals surface area contributed by atoms with Crippen molar-refractivity contribution in [2.75, 3.05) is 6.54 Å². The molecule has 2 aromatic rings. The molecule has 0 unspecified atom stereocenters. The van der Waals surface area contributed by atoms with Gasteiger partial charge in [0.2, 0.25) is 5.91 Å². The van der Waals surface area contributed by atoms with Gasteiger partial charge >= 0.3 is 12.3 Å². The first kappa shape index (κ1) is 20.1. The van der Waals surface area contributed by atoms with Crippen LogP contribution in [0.1, 0.15) is 11.1 Å². The number of aryl methyl sites for hydroxylation is 1. The Morgan fingerprint density at radius 2 is 1.89 bits per heavy atom. The van der Waals surface area contributed by atoms with Crippen molar-refractivity contribution < 1.29 is 18.3 Å². The van der Waals surface area contributed by atoms with Crippen LogP contribution in [0, 0.1) is 0 Å². The zero-order valence-corrected chi connectivity index (χ0v) is 14.8. The summed E-state index contributed by atoms with van der Waals surface area (Å²) in [4.78, 5) is 35.4. The monoisotopic (exact) mass is 379 g/mol. The number of alkyl halides is 2. The summed E-state index contributed by atoms with van der Waals surface area (Å²) in [6.45, 7) is -2.55. The number of aromatic nitrogens is 2. The molecule has 0 aliphatic heterocycles. The molecule has 1 amide bonds. The lowest BCUT2D eigenvalue weighted by Gasteiger charge is -2.06. The van der Waals surface area contributed by atoms with E-state index in [4.69, 9.17) is 0 Å². The summed E-state index contributed by atoms with van der Waals surface area (Å²) in [6.07, 6.45) is 4.40. The lowest BCUT2D eigenvalue weighted by Crippen LogP contribution is -2.37. The first-order valence-corrected chi connectivity index (χ1v) is 8.04. The van der Waals surface area contributed by atoms with Crippen LogP contribution in [-0.4, -0.2) is 28.2 Å². The number of carbonyl (C=O) groups is 1. The van der Waals surface area contributed by atoms with Crippen LogP contribution < -0.4 is 21.3 Å². The third kappa shape index (κ3) is 5.63. The van der Waals surface area contributed by atoms with E-state index >= 15 is 0 Å². The van der Waals surface area contributed by atoms with Gasteiger partial charge in [0.25, 0.3) is 5.56 Å². The van der Waals surface area contributed by atoms with Crippen LogP contribution in [0.15, 0.2) is 46.1 Å². The molecule has 9 heteroatoms. The molecule has 0 radical (unpaired) electrons. The van der Waals surface area contributed by atoms with Gasteiger partial charge in [-0.2, -0.15) is 8.78 Å². The van der Waals surface area contributed by atoms with Crippen molar-refractivity contribution in [1.29, 1.82) is 0 Å². The highest BCUT2D eigenvalue weighted by Crippen LogP contribution is 2.14. The minimum Gasteiger partial charge on any atom is -0.435 e. The van der Waals surface area contributed by atoms with Crippen LogP contribution in [0.4, 0.5) is 8.78 Å². The second-order valence-electron chi connectivity index (χ2n) is 5.74. The van der Waals surface area contributed by atoms with Gasteiger partial charge in [-0.3, -0.25) is 14.2 Å². The number of benzene rings is 1. The van der Waals surface area contributed by atoms with Crippen LogP contribution in [0.5, 0.6) is 5.75 Å². The SMILES string of the molecule is Cn1cc(/C=C/C(=O)NCCc2ccc(OC(F)F)cc2)c(=O)n(C)c1=O. The fraction of sp³-hybridized carbons (Fsp3) is 0.278. The molecule has 0 saturated carbocycles. The molecule has 144 valence electrons. The van der Waals surface area contributed by atoms with Crippen molar-refractivity contribution in [3.8, 4) is 5.75 Å². The van der Waals surface area contributed by atoms with Crippen LogP contribution in [0.2, 0.25) is 0 Å². The molecule has 0 bridgehead atoms. The van der Waals surface area contributed by atoms with E-state index in [0.717, 1.165) is 10.1 Å². The summed E-state index contributed by atoms with van der Waals surface area (Å²) >= 11 is 0. The summed E-state index contributed by atoms with van der Waals surface area (Å²) in [5.74, 6) is -0.330. The topological polar surface area (TPSA) is 82.3 Å². The second-order valence-corrected chi connectivity index (χ2v) is 5.74. The standard InChI is InChI=1S/C18H19F2N3O4/c1-22-11-13(16(25)23(2)18(22)26)5-8-15(24)21-10-9-12-3-6-14(7-4-12)27-17(19)20/h3-8,11,17H,9-10H2,1-2H3,(H,21,24)/b8-5+. The summed E-state index contributed by atoms with van der Waals surface area (Å²) < 4.78 is 30.6. The van der Waals surface area contributed by atoms with E-state index in [1.54, 1.807) is 12.1 Å². The summed E-state index contributed by atoms with van der Waals surface area (Å²) in [6, 6.07) is 6.12. The van der Waals surface area contributed by atoms with Gasteiger partial charge in [0.15, 0.2) is 0 Å². The zero-order chi connectivity index (χ0) is 20.0. The smallest absolute Gasteiger partial charge is 0.387 e. The van der Waals surface area contributed by atoms with E-state index in [1.165, 1.54) is 49.1 Å². The maximum Gasteiger partial charge on any atom is 0.387 e. The van der Waals surface area contributed by atoms with Gasteiger partial charge in [0.1, 0.15) is 5.75 Å². The Morgan fingerprint density at radius 3 is 2.52 bits per heavy atom. The maximum absolute atomic E-state index is 12.1. The van der Waals surface area contributed by atoms with E-state index in [9.17, 15) is 23.2 Å². The molecule has 1 N–H and O–H groups in total. The zero-order valence-electron chi connectivity index (χ0n) is 14.8. The number of amides is 1. The van der Waals surface area contributed by atoms with Gasteiger partial charge in [-0.15, -0.1) is 0 Å². The van der Waals surface area contributed by atoms with Gasteiger partial charge in [-0.1, -0.05) is 12.1 Å². The second kappa shape index (κ2) is 8.93. The molecule has 1 aromatic carbocycles. The van der Waals surface area contributed by atoms with Crippen molar-refractivity contribution in [2.24, 2.45) is 14.1 Å². The minimum absolute atomic E-state index is 0.0690. The molecule has 1 aromatic heterocycles. The van der Waals surface area contributed by atoms with E-state index in [0.29, 0.717) is 13.0 Å². The van der Waals surface area contributed by atoms with E-state index < -0.39 is 23.8 Å². The molecule has 1 heterocycles. The Morgan fingerprint density at radius 1 is 1.22 bits per heavy atom. The molecule has 0 aliphatic rings. The van der Waals surface area contributed by atoms with Gasteiger partial charge in [-0.25, -0.2) is 4.79 Å². The molecule has 0 atom stereocenters. The molecule has 0 aliphatic carbocycles. The first-order chi connectivity index (χ1) is 12.8. The lowest BCUT2D eigenvalue weighted by molar-refractivity contribution is -0.116. The van der Waals surface area contributed by atoms with Gasteiger partial charge in [-0.05, 0) is 30.2 Å². The van der Waals surface area contributed by atoms with Crippen LogP contribution >= 0.6 is 0 Å². The Hall–Kier alpha value is -3.23. The van der Waals surface area contributed by atoms with Crippen molar-refractivity contribution in [2.45, 2.75) is 13.0 Å². The van der Waals surface area contributed by atoms with Gasteiger partial charge in [0.05, 0.1) is 5.56 Å². The Balaban J connectivity index is 1.89. The first-order valence-electron chi connectivity index (χ1n) is 8.04. The van der Waals surface area contributed by atoms with Crippen molar-refractivity contribution >= 4 is 12.0 Å². The molecule has 7 nitrogen and oxygen atoms in total. The van der Waals surface area contributed by atoms with E-state index in [-0.39, 0.29) is 11.3 Å². The molecule has 27 heavy (non-hydrogen) atoms. The van der Waals surface area contributed by atoms with Crippen molar-refractivity contribution in [1.82, 2.24) is 14.5 Å². The third-order valence-corrected chi connectivity index (χ3v) is 3.75. The van der Waals surface area contributed by atoms with E-state index in [1.807, 2.05) is 0 Å². The van der Waals surface area contributed by atoms with Crippen LogP contribution in [0.25, 0.3) is 6.08 Å². The highest BCUT2D eigenvalue weighted by atomic mass is 19.3. The number of carbonyl (C=O) groups excluding carboxylic acids is 1. The Kier molecular flexibility index (Phi) is 6.64. The predicted octanol–water partition coefficient (Wildman–Crippen LogP) is 1.06. The number of rotatable bonds is 7. The number of hydrogen-bond donors (Lipinski definition) is 1. The van der Waals surface area contributed by atoms with Crippen LogP contribution in [0.3, 0.4) is 0 Å². The third-order valence-electron chi connectivity index (χ3n) is 3.75. The lowest BCUT2D eigenvalue weighted by atomic mass is 10.1. The number of nitrogens with one attached hydrogen (secondary N) is 1. The largest absolute Gasteiger partial charge is 0.435 e. The molecule has 0 fully saturated rings. The molecule has 0 spiro atoms. The van der Waals surface area contributed by atoms with Gasteiger partial charge in [0, 0.05) is 32.9 Å². The van der Waals surface area contributed by atoms with E-state index in [2.05, 4.69) is 10.1 Å². The quantitative estimate of drug-likeness (QED) is 0.730. The highest BCUT2D eigenvalue weighted by Gasteiger charge is 2.05. The molecule has 0 saturated heterocycles. The number of halogens is 2. The predicted molar refractivity (Wildman–Crippen MR) is 95.7 cm³/mol. The summed E-state index contributed by atoms with van der Waals surface area (Å²) in [7, 11) is 2.87. The van der Waals surface area contributed by atoms with Crippen molar-refractivity contribution in [3.63, 3.8) is 0 Å². The number of nitrogens with zero attached hydrogens (tertiary/aromatic N) is 2. The fourth-order valence-electron chi connectivity index (χ4n) is 2.34. The molecule has 2 rings (SSSR count). The molecular formula is C18H19F2N3O4. The fourth-order valence-corrected chi connectivity index (χ4v) is 2.34. The minimum atomic E-state index is -2.87. The summed E-state index contributed by atoms with van der Waals surface area (Å²) in [5.41, 5.74) is 0.108. The average Bonchev–Trinajstić information content (AvgIpc) is 2.63. The summed E-state index contributed by atoms with van der Waals surface area (Å²) in [5, 5.41) is 2.65. The number of ether oxygens (including phenoxy) is 1. The molecular weight excluding hydrogens is 360 g/mol. The average molecular weight is 379 g/mol. The van der Waals surface area contributed by atoms with Crippen LogP contribution in [-0.2, 0) is 25.3 Å². The highest BCUT2D eigenvalue weighted by molar-refractivity contribution is 5.91. The number of hydrogen-bond acceptors (Lipinski definition) is 4. The van der Waals surface area contributed by atoms with Crippen molar-refractivity contribution in [3.05, 3.63) is 68.5 Å². The Labute approximate surface area is 153 Å². The maximum atomic E-state index is 12.1.